The van der Waals surface area contributed by atoms with E-state index in [4.69, 9.17) is 18.0 Å². The Morgan fingerprint density at radius 3 is 3.00 bits per heavy atom. The van der Waals surface area contributed by atoms with Crippen LogP contribution in [0.3, 0.4) is 0 Å². The van der Waals surface area contributed by atoms with Gasteiger partial charge in [-0.2, -0.15) is 0 Å². The van der Waals surface area contributed by atoms with E-state index >= 15 is 0 Å². The molecule has 0 aliphatic carbocycles. The van der Waals surface area contributed by atoms with Gasteiger partial charge < -0.3 is 10.6 Å². The maximum absolute atomic E-state index is 12.3. The van der Waals surface area contributed by atoms with E-state index in [-0.39, 0.29) is 11.8 Å². The minimum atomic E-state index is 0.196. The summed E-state index contributed by atoms with van der Waals surface area (Å²) in [6, 6.07) is 8.33. The molecule has 1 aliphatic rings. The first-order valence-electron chi connectivity index (χ1n) is 7.19. The lowest BCUT2D eigenvalue weighted by atomic mass is 9.97. The molecule has 0 spiro atoms. The van der Waals surface area contributed by atoms with E-state index in [0.717, 1.165) is 25.8 Å². The summed E-state index contributed by atoms with van der Waals surface area (Å²) < 4.78 is 0. The number of aryl methyl sites for hydroxylation is 2. The summed E-state index contributed by atoms with van der Waals surface area (Å²) in [7, 11) is 0. The zero-order valence-electron chi connectivity index (χ0n) is 12.0. The molecule has 3 nitrogen and oxygen atoms in total. The van der Waals surface area contributed by atoms with Crippen molar-refractivity contribution in [3.05, 3.63) is 35.4 Å². The van der Waals surface area contributed by atoms with Crippen LogP contribution in [0.4, 0.5) is 0 Å². The number of likely N-dealkylation sites (tertiary alicyclic amines) is 1. The van der Waals surface area contributed by atoms with Crippen LogP contribution in [0.25, 0.3) is 0 Å². The summed E-state index contributed by atoms with van der Waals surface area (Å²) in [4.78, 5) is 14.7. The van der Waals surface area contributed by atoms with Crippen LogP contribution in [-0.4, -0.2) is 28.9 Å². The van der Waals surface area contributed by atoms with Crippen LogP contribution in [0.15, 0.2) is 24.3 Å². The zero-order chi connectivity index (χ0) is 14.5. The van der Waals surface area contributed by atoms with Crippen LogP contribution in [0.5, 0.6) is 0 Å². The number of nitrogens with two attached hydrogens (primary N) is 1. The second-order valence-corrected chi connectivity index (χ2v) is 6.04. The molecule has 0 bridgehead atoms. The van der Waals surface area contributed by atoms with Crippen molar-refractivity contribution >= 4 is 23.1 Å². The Balaban J connectivity index is 1.87. The second kappa shape index (κ2) is 6.84. The van der Waals surface area contributed by atoms with E-state index in [1.165, 1.54) is 11.1 Å². The summed E-state index contributed by atoms with van der Waals surface area (Å²) in [5, 5.41) is 0. The number of thiocarbonyl (C=S) groups is 1. The third-order valence-corrected chi connectivity index (χ3v) is 4.22. The summed E-state index contributed by atoms with van der Waals surface area (Å²) >= 11 is 5.05. The molecule has 1 aliphatic heterocycles. The number of benzene rings is 1. The van der Waals surface area contributed by atoms with Crippen molar-refractivity contribution in [2.45, 2.75) is 32.6 Å². The number of amides is 1. The number of piperidine rings is 1. The van der Waals surface area contributed by atoms with Gasteiger partial charge in [0.05, 0.1) is 4.99 Å². The third-order valence-electron chi connectivity index (χ3n) is 3.89. The molecule has 0 saturated carbocycles. The molecule has 1 fully saturated rings. The Kier molecular flexibility index (Phi) is 5.12. The number of carbonyl (C=O) groups excluding carboxylic acids is 1. The molecule has 20 heavy (non-hydrogen) atoms. The Labute approximate surface area is 126 Å². The van der Waals surface area contributed by atoms with Gasteiger partial charge in [0.25, 0.3) is 0 Å². The maximum Gasteiger partial charge on any atom is 0.222 e. The van der Waals surface area contributed by atoms with Crippen molar-refractivity contribution in [3.63, 3.8) is 0 Å². The first-order valence-corrected chi connectivity index (χ1v) is 7.59. The van der Waals surface area contributed by atoms with Crippen LogP contribution in [-0.2, 0) is 11.2 Å². The number of nitrogens with zero attached hydrogens (tertiary/aromatic N) is 1. The van der Waals surface area contributed by atoms with Crippen molar-refractivity contribution in [1.82, 2.24) is 4.90 Å². The van der Waals surface area contributed by atoms with Crippen LogP contribution in [0, 0.1) is 12.8 Å². The SMILES string of the molecule is Cc1cccc(CCC(=O)N2CCCC(C(N)=S)C2)c1. The van der Waals surface area contributed by atoms with Gasteiger partial charge in [0.2, 0.25) is 5.91 Å². The number of hydrogen-bond acceptors (Lipinski definition) is 2. The van der Waals surface area contributed by atoms with Crippen molar-refractivity contribution in [2.24, 2.45) is 11.7 Å². The summed E-state index contributed by atoms with van der Waals surface area (Å²) in [5.74, 6) is 0.411. The fourth-order valence-corrected chi connectivity index (χ4v) is 2.91. The molecule has 0 radical (unpaired) electrons. The Morgan fingerprint density at radius 1 is 1.50 bits per heavy atom. The Hall–Kier alpha value is -1.42. The molecule has 0 aromatic heterocycles. The van der Waals surface area contributed by atoms with Gasteiger partial charge in [-0.1, -0.05) is 42.0 Å². The highest BCUT2D eigenvalue weighted by atomic mass is 32.1. The molecule has 1 heterocycles. The normalized spacial score (nSPS) is 18.9. The molecular weight excluding hydrogens is 268 g/mol. The smallest absolute Gasteiger partial charge is 0.222 e. The first kappa shape index (κ1) is 15.0. The van der Waals surface area contributed by atoms with Crippen molar-refractivity contribution in [2.75, 3.05) is 13.1 Å². The minimum Gasteiger partial charge on any atom is -0.393 e. The van der Waals surface area contributed by atoms with Crippen LogP contribution in [0.2, 0.25) is 0 Å². The average Bonchev–Trinajstić information content (AvgIpc) is 2.45. The highest BCUT2D eigenvalue weighted by Gasteiger charge is 2.24. The number of hydrogen-bond donors (Lipinski definition) is 1. The molecule has 1 saturated heterocycles. The van der Waals surface area contributed by atoms with E-state index < -0.39 is 0 Å². The highest BCUT2D eigenvalue weighted by molar-refractivity contribution is 7.80. The molecule has 1 atom stereocenters. The van der Waals surface area contributed by atoms with Crippen molar-refractivity contribution in [1.29, 1.82) is 0 Å². The molecule has 1 amide bonds. The zero-order valence-corrected chi connectivity index (χ0v) is 12.8. The lowest BCUT2D eigenvalue weighted by Crippen LogP contribution is -2.43. The first-order chi connectivity index (χ1) is 9.56. The molecular formula is C16H22N2OS. The van der Waals surface area contributed by atoms with Gasteiger partial charge in [-0.05, 0) is 31.7 Å². The average molecular weight is 290 g/mol. The van der Waals surface area contributed by atoms with E-state index in [2.05, 4.69) is 25.1 Å². The number of rotatable bonds is 4. The van der Waals surface area contributed by atoms with Gasteiger partial charge in [0.1, 0.15) is 0 Å². The van der Waals surface area contributed by atoms with E-state index in [1.54, 1.807) is 0 Å². The second-order valence-electron chi connectivity index (χ2n) is 5.57. The monoisotopic (exact) mass is 290 g/mol. The molecule has 1 aromatic carbocycles. The van der Waals surface area contributed by atoms with Crippen molar-refractivity contribution < 1.29 is 4.79 Å². The van der Waals surface area contributed by atoms with Gasteiger partial charge in [0, 0.05) is 25.4 Å². The summed E-state index contributed by atoms with van der Waals surface area (Å²) in [5.41, 5.74) is 8.17. The largest absolute Gasteiger partial charge is 0.393 e. The topological polar surface area (TPSA) is 46.3 Å². The van der Waals surface area contributed by atoms with E-state index in [0.29, 0.717) is 18.0 Å². The quantitative estimate of drug-likeness (QED) is 0.866. The highest BCUT2D eigenvalue weighted by Crippen LogP contribution is 2.18. The van der Waals surface area contributed by atoms with E-state index in [1.807, 2.05) is 11.0 Å². The van der Waals surface area contributed by atoms with Gasteiger partial charge in [0.15, 0.2) is 0 Å². The van der Waals surface area contributed by atoms with Gasteiger partial charge in [-0.25, -0.2) is 0 Å². The van der Waals surface area contributed by atoms with Crippen molar-refractivity contribution in [3.8, 4) is 0 Å². The van der Waals surface area contributed by atoms with Gasteiger partial charge >= 0.3 is 0 Å². The Bertz CT molecular complexity index is 501. The molecule has 1 aromatic rings. The summed E-state index contributed by atoms with van der Waals surface area (Å²) in [6.07, 6.45) is 3.37. The van der Waals surface area contributed by atoms with Crippen LogP contribution >= 0.6 is 12.2 Å². The summed E-state index contributed by atoms with van der Waals surface area (Å²) in [6.45, 7) is 3.61. The lowest BCUT2D eigenvalue weighted by molar-refractivity contribution is -0.132. The maximum atomic E-state index is 12.3. The molecule has 2 N–H and O–H groups in total. The predicted octanol–water partition coefficient (Wildman–Crippen LogP) is 2.45. The molecule has 2 rings (SSSR count). The predicted molar refractivity (Wildman–Crippen MR) is 85.6 cm³/mol. The number of carbonyl (C=O) groups is 1. The van der Waals surface area contributed by atoms with Crippen LogP contribution in [0.1, 0.15) is 30.4 Å². The lowest BCUT2D eigenvalue weighted by Gasteiger charge is -2.32. The van der Waals surface area contributed by atoms with Crippen LogP contribution < -0.4 is 5.73 Å². The third kappa shape index (κ3) is 4.04. The Morgan fingerprint density at radius 2 is 2.30 bits per heavy atom. The fraction of sp³-hybridized carbons (Fsp3) is 0.500. The molecule has 108 valence electrons. The van der Waals surface area contributed by atoms with Gasteiger partial charge in [-0.15, -0.1) is 0 Å². The fourth-order valence-electron chi connectivity index (χ4n) is 2.71. The minimum absolute atomic E-state index is 0.196. The molecule has 1 unspecified atom stereocenters. The molecule has 4 heteroatoms. The standard InChI is InChI=1S/C16H22N2OS/c1-12-4-2-5-13(10-12)7-8-15(19)18-9-3-6-14(11-18)16(17)20/h2,4-5,10,14H,3,6-9,11H2,1H3,(H2,17,20). The van der Waals surface area contributed by atoms with E-state index in [9.17, 15) is 4.79 Å². The van der Waals surface area contributed by atoms with Gasteiger partial charge in [-0.3, -0.25) is 4.79 Å².